The largest absolute Gasteiger partial charge is 0.368 e. The zero-order chi connectivity index (χ0) is 22.9. The van der Waals surface area contributed by atoms with E-state index in [1.54, 1.807) is 17.0 Å². The van der Waals surface area contributed by atoms with Gasteiger partial charge in [0.1, 0.15) is 17.2 Å². The number of fused-ring (bicyclic) bond motifs is 1. The molecule has 1 aliphatic rings. The number of rotatable bonds is 3. The van der Waals surface area contributed by atoms with E-state index < -0.39 is 0 Å². The number of imidazole rings is 1. The van der Waals surface area contributed by atoms with Crippen LogP contribution in [0.1, 0.15) is 5.56 Å². The molecular weight excluding hydrogens is 423 g/mol. The topological polar surface area (TPSA) is 116 Å². The maximum atomic E-state index is 13.7. The van der Waals surface area contributed by atoms with Gasteiger partial charge in [-0.05, 0) is 36.8 Å². The van der Waals surface area contributed by atoms with Crippen molar-refractivity contribution in [2.75, 3.05) is 42.1 Å². The molecule has 1 aliphatic heterocycles. The van der Waals surface area contributed by atoms with Crippen molar-refractivity contribution in [3.05, 3.63) is 59.9 Å². The summed E-state index contributed by atoms with van der Waals surface area (Å²) in [4.78, 5) is 32.8. The molecule has 0 unspecified atom stereocenters. The Morgan fingerprint density at radius 2 is 1.85 bits per heavy atom. The number of amides is 2. The third-order valence-electron chi connectivity index (χ3n) is 5.58. The molecule has 4 N–H and O–H groups in total. The summed E-state index contributed by atoms with van der Waals surface area (Å²) < 4.78 is 13.7. The third kappa shape index (κ3) is 4.27. The van der Waals surface area contributed by atoms with E-state index in [4.69, 9.17) is 5.73 Å². The molecule has 168 valence electrons. The normalized spacial score (nSPS) is 14.0. The Morgan fingerprint density at radius 3 is 2.61 bits per heavy atom. The minimum atomic E-state index is -0.348. The Morgan fingerprint density at radius 1 is 1.06 bits per heavy atom. The van der Waals surface area contributed by atoms with E-state index in [2.05, 4.69) is 25.3 Å². The first kappa shape index (κ1) is 20.7. The van der Waals surface area contributed by atoms with E-state index in [-0.39, 0.29) is 17.8 Å². The number of H-pyrrole nitrogens is 1. The summed E-state index contributed by atoms with van der Waals surface area (Å²) in [6.45, 7) is 4.17. The molecule has 0 aliphatic carbocycles. The molecule has 2 aromatic heterocycles. The lowest BCUT2D eigenvalue weighted by Gasteiger charge is -2.35. The number of piperazine rings is 1. The minimum absolute atomic E-state index is 0.106. The minimum Gasteiger partial charge on any atom is -0.368 e. The van der Waals surface area contributed by atoms with Crippen molar-refractivity contribution in [2.45, 2.75) is 6.92 Å². The molecule has 4 aromatic rings. The van der Waals surface area contributed by atoms with E-state index in [9.17, 15) is 9.18 Å². The molecule has 10 heteroatoms. The molecule has 2 amide bonds. The molecule has 0 atom stereocenters. The SMILES string of the molecule is Cc1cccc(NC(=O)N2CCN(c3nc(N)nc4nc(-c5cccc(F)c5)[nH]c34)CC2)c1. The smallest absolute Gasteiger partial charge is 0.321 e. The second-order valence-corrected chi connectivity index (χ2v) is 7.97. The highest BCUT2D eigenvalue weighted by molar-refractivity contribution is 5.90. The summed E-state index contributed by atoms with van der Waals surface area (Å²) >= 11 is 0. The van der Waals surface area contributed by atoms with Gasteiger partial charge in [-0.1, -0.05) is 24.3 Å². The maximum absolute atomic E-state index is 13.7. The molecule has 2 aromatic carbocycles. The standard InChI is InChI=1S/C23H23FN8O/c1-14-4-2-7-17(12-14)26-23(33)32-10-8-31(9-11-32)21-18-20(29-22(25)30-21)28-19(27-18)15-5-3-6-16(24)13-15/h2-7,12-13H,8-11H2,1H3,(H,26,33)(H3,25,27,28,29,30). The number of nitrogens with zero attached hydrogens (tertiary/aromatic N) is 5. The van der Waals surface area contributed by atoms with Gasteiger partial charge in [0, 0.05) is 37.4 Å². The number of aromatic amines is 1. The molecule has 0 spiro atoms. The quantitative estimate of drug-likeness (QED) is 0.444. The van der Waals surface area contributed by atoms with Gasteiger partial charge >= 0.3 is 6.03 Å². The van der Waals surface area contributed by atoms with Crippen molar-refractivity contribution < 1.29 is 9.18 Å². The van der Waals surface area contributed by atoms with Crippen LogP contribution < -0.4 is 16.0 Å². The predicted molar refractivity (Wildman–Crippen MR) is 125 cm³/mol. The lowest BCUT2D eigenvalue weighted by atomic mass is 10.2. The van der Waals surface area contributed by atoms with Crippen molar-refractivity contribution in [1.82, 2.24) is 24.8 Å². The van der Waals surface area contributed by atoms with Crippen molar-refractivity contribution in [2.24, 2.45) is 0 Å². The van der Waals surface area contributed by atoms with Gasteiger partial charge in [-0.25, -0.2) is 14.2 Å². The molecule has 0 saturated carbocycles. The van der Waals surface area contributed by atoms with Gasteiger partial charge in [0.05, 0.1) is 0 Å². The molecule has 3 heterocycles. The van der Waals surface area contributed by atoms with Gasteiger partial charge in [-0.15, -0.1) is 0 Å². The van der Waals surface area contributed by atoms with Gasteiger partial charge in [0.15, 0.2) is 11.5 Å². The Bertz CT molecular complexity index is 1330. The highest BCUT2D eigenvalue weighted by Crippen LogP contribution is 2.27. The summed E-state index contributed by atoms with van der Waals surface area (Å²) in [5, 5.41) is 2.95. The van der Waals surface area contributed by atoms with Crippen LogP contribution in [0.3, 0.4) is 0 Å². The molecule has 0 bridgehead atoms. The fraction of sp³-hybridized carbons (Fsp3) is 0.217. The Hall–Kier alpha value is -4.21. The highest BCUT2D eigenvalue weighted by atomic mass is 19.1. The van der Waals surface area contributed by atoms with Gasteiger partial charge < -0.3 is 25.8 Å². The van der Waals surface area contributed by atoms with Crippen LogP contribution in [0.5, 0.6) is 0 Å². The summed E-state index contributed by atoms with van der Waals surface area (Å²) in [5.41, 5.74) is 9.44. The number of halogens is 1. The van der Waals surface area contributed by atoms with Gasteiger partial charge in [-0.3, -0.25) is 0 Å². The maximum Gasteiger partial charge on any atom is 0.321 e. The zero-order valence-electron chi connectivity index (χ0n) is 18.0. The number of nitrogen functional groups attached to an aromatic ring is 1. The monoisotopic (exact) mass is 446 g/mol. The van der Waals surface area contributed by atoms with Gasteiger partial charge in [0.25, 0.3) is 0 Å². The average Bonchev–Trinajstić information content (AvgIpc) is 3.23. The Kier molecular flexibility index (Phi) is 5.25. The molecule has 0 radical (unpaired) electrons. The number of benzene rings is 2. The van der Waals surface area contributed by atoms with Crippen LogP contribution >= 0.6 is 0 Å². The van der Waals surface area contributed by atoms with E-state index >= 15 is 0 Å². The number of anilines is 3. The van der Waals surface area contributed by atoms with Crippen LogP contribution in [0.4, 0.5) is 26.6 Å². The van der Waals surface area contributed by atoms with Crippen LogP contribution in [-0.2, 0) is 0 Å². The third-order valence-corrected chi connectivity index (χ3v) is 5.58. The van der Waals surface area contributed by atoms with Crippen molar-refractivity contribution >= 4 is 34.6 Å². The van der Waals surface area contributed by atoms with Crippen LogP contribution in [0.25, 0.3) is 22.6 Å². The van der Waals surface area contributed by atoms with E-state index in [0.717, 1.165) is 11.3 Å². The number of nitrogens with one attached hydrogen (secondary N) is 2. The van der Waals surface area contributed by atoms with Crippen LogP contribution in [0.15, 0.2) is 48.5 Å². The second kappa shape index (κ2) is 8.38. The van der Waals surface area contributed by atoms with E-state index in [1.807, 2.05) is 36.1 Å². The summed E-state index contributed by atoms with van der Waals surface area (Å²) in [5.74, 6) is 0.862. The van der Waals surface area contributed by atoms with Crippen molar-refractivity contribution in [3.8, 4) is 11.4 Å². The molecule has 9 nitrogen and oxygen atoms in total. The number of carbonyl (C=O) groups is 1. The van der Waals surface area contributed by atoms with Gasteiger partial charge in [0.2, 0.25) is 5.95 Å². The first-order valence-corrected chi connectivity index (χ1v) is 10.6. The second-order valence-electron chi connectivity index (χ2n) is 7.97. The molecule has 1 saturated heterocycles. The van der Waals surface area contributed by atoms with Crippen LogP contribution in [0, 0.1) is 12.7 Å². The average molecular weight is 446 g/mol. The molecule has 33 heavy (non-hydrogen) atoms. The summed E-state index contributed by atoms with van der Waals surface area (Å²) in [6, 6.07) is 13.7. The number of aromatic nitrogens is 4. The molecular formula is C23H23FN8O. The molecule has 5 rings (SSSR count). The lowest BCUT2D eigenvalue weighted by molar-refractivity contribution is 0.208. The van der Waals surface area contributed by atoms with Crippen LogP contribution in [0.2, 0.25) is 0 Å². The van der Waals surface area contributed by atoms with Crippen molar-refractivity contribution in [3.63, 3.8) is 0 Å². The first-order chi connectivity index (χ1) is 16.0. The number of aryl methyl sites for hydroxylation is 1. The number of hydrogen-bond donors (Lipinski definition) is 3. The Balaban J connectivity index is 1.34. The lowest BCUT2D eigenvalue weighted by Crippen LogP contribution is -2.50. The summed E-state index contributed by atoms with van der Waals surface area (Å²) in [6.07, 6.45) is 0. The van der Waals surface area contributed by atoms with E-state index in [0.29, 0.717) is 54.5 Å². The number of urea groups is 1. The number of nitrogens with two attached hydrogens (primary N) is 1. The zero-order valence-corrected chi connectivity index (χ0v) is 18.0. The predicted octanol–water partition coefficient (Wildman–Crippen LogP) is 3.40. The fourth-order valence-electron chi connectivity index (χ4n) is 3.95. The van der Waals surface area contributed by atoms with Gasteiger partial charge in [-0.2, -0.15) is 9.97 Å². The number of hydrogen-bond acceptors (Lipinski definition) is 6. The first-order valence-electron chi connectivity index (χ1n) is 10.6. The van der Waals surface area contributed by atoms with E-state index in [1.165, 1.54) is 12.1 Å². The highest BCUT2D eigenvalue weighted by Gasteiger charge is 2.25. The van der Waals surface area contributed by atoms with Crippen molar-refractivity contribution in [1.29, 1.82) is 0 Å². The number of carbonyl (C=O) groups excluding carboxylic acids is 1. The van der Waals surface area contributed by atoms with Crippen LogP contribution in [-0.4, -0.2) is 57.0 Å². The Labute approximate surface area is 189 Å². The molecule has 1 fully saturated rings. The fourth-order valence-corrected chi connectivity index (χ4v) is 3.95. The summed E-state index contributed by atoms with van der Waals surface area (Å²) in [7, 11) is 0.